The summed E-state index contributed by atoms with van der Waals surface area (Å²) in [6, 6.07) is 13.2. The molecule has 0 saturated carbocycles. The highest BCUT2D eigenvalue weighted by molar-refractivity contribution is 6.13. The van der Waals surface area contributed by atoms with Crippen molar-refractivity contribution in [2.75, 3.05) is 0 Å². The van der Waals surface area contributed by atoms with Gasteiger partial charge in [-0.1, -0.05) is 48.5 Å². The minimum absolute atomic E-state index is 0.187. The Hall–Kier alpha value is -2.46. The van der Waals surface area contributed by atoms with E-state index in [1.807, 2.05) is 0 Å². The molecule has 100 valence electrons. The number of aliphatic hydroxyl groups is 1. The summed E-state index contributed by atoms with van der Waals surface area (Å²) in [4.78, 5) is 23.8. The van der Waals surface area contributed by atoms with E-state index in [1.54, 1.807) is 48.5 Å². The van der Waals surface area contributed by atoms with E-state index in [0.717, 1.165) is 0 Å². The van der Waals surface area contributed by atoms with E-state index >= 15 is 0 Å². The van der Waals surface area contributed by atoms with Crippen molar-refractivity contribution >= 4 is 11.8 Å². The topological polar surface area (TPSA) is 63.6 Å². The molecule has 0 amide bonds. The maximum Gasteiger partial charge on any atom is 0.305 e. The van der Waals surface area contributed by atoms with E-state index in [0.29, 0.717) is 22.3 Å². The second-order valence-electron chi connectivity index (χ2n) is 4.66. The van der Waals surface area contributed by atoms with E-state index in [9.17, 15) is 14.7 Å². The summed E-state index contributed by atoms with van der Waals surface area (Å²) in [6.07, 6.45) is 0. The molecule has 1 N–H and O–H groups in total. The number of hydrogen-bond donors (Lipinski definition) is 1. The lowest BCUT2D eigenvalue weighted by Crippen LogP contribution is -2.39. The molecular formula is C16H12O4. The molecule has 0 aliphatic heterocycles. The Morgan fingerprint density at radius 2 is 1.45 bits per heavy atom. The van der Waals surface area contributed by atoms with Crippen LogP contribution in [-0.4, -0.2) is 16.9 Å². The Morgan fingerprint density at radius 1 is 1.00 bits per heavy atom. The van der Waals surface area contributed by atoms with Gasteiger partial charge in [-0.2, -0.15) is 0 Å². The highest BCUT2D eigenvalue weighted by atomic mass is 16.7. The summed E-state index contributed by atoms with van der Waals surface area (Å²) in [5.41, 5.74) is 1.27. The fraction of sp³-hybridized carbons (Fsp3) is 0.125. The third kappa shape index (κ3) is 1.66. The van der Waals surface area contributed by atoms with Crippen molar-refractivity contribution in [2.24, 2.45) is 0 Å². The molecule has 4 heteroatoms. The van der Waals surface area contributed by atoms with E-state index in [4.69, 9.17) is 4.74 Å². The summed E-state index contributed by atoms with van der Waals surface area (Å²) in [5.74, 6) is -2.73. The Morgan fingerprint density at radius 3 is 1.90 bits per heavy atom. The van der Waals surface area contributed by atoms with Crippen LogP contribution in [-0.2, 0) is 15.3 Å². The van der Waals surface area contributed by atoms with Crippen molar-refractivity contribution in [2.45, 2.75) is 12.7 Å². The predicted octanol–water partition coefficient (Wildman–Crippen LogP) is 1.99. The molecule has 2 aromatic carbocycles. The average molecular weight is 268 g/mol. The Labute approximate surface area is 115 Å². The number of esters is 1. The molecule has 0 bridgehead atoms. The summed E-state index contributed by atoms with van der Waals surface area (Å²) in [7, 11) is 0. The van der Waals surface area contributed by atoms with Crippen molar-refractivity contribution in [3.63, 3.8) is 0 Å². The molecule has 0 radical (unpaired) electrons. The monoisotopic (exact) mass is 268 g/mol. The van der Waals surface area contributed by atoms with Gasteiger partial charge < -0.3 is 9.84 Å². The Bertz CT molecular complexity index is 668. The number of rotatable bonds is 1. The van der Waals surface area contributed by atoms with Gasteiger partial charge in [0.1, 0.15) is 0 Å². The minimum atomic E-state index is -1.92. The van der Waals surface area contributed by atoms with Gasteiger partial charge in [0.15, 0.2) is 5.78 Å². The van der Waals surface area contributed by atoms with Gasteiger partial charge in [0, 0.05) is 29.2 Å². The summed E-state index contributed by atoms with van der Waals surface area (Å²) in [6.45, 7) is 1.22. The molecule has 4 nitrogen and oxygen atoms in total. The van der Waals surface area contributed by atoms with Crippen molar-refractivity contribution < 1.29 is 19.4 Å². The van der Waals surface area contributed by atoms with Gasteiger partial charge in [0.25, 0.3) is 5.79 Å². The van der Waals surface area contributed by atoms with Crippen LogP contribution in [0.2, 0.25) is 0 Å². The Kier molecular flexibility index (Phi) is 2.69. The smallest absolute Gasteiger partial charge is 0.305 e. The maximum absolute atomic E-state index is 12.4. The molecule has 0 unspecified atom stereocenters. The molecule has 0 aromatic heterocycles. The van der Waals surface area contributed by atoms with Crippen molar-refractivity contribution in [1.29, 1.82) is 0 Å². The van der Waals surface area contributed by atoms with Crippen LogP contribution in [0.25, 0.3) is 0 Å². The minimum Gasteiger partial charge on any atom is -0.424 e. The second-order valence-corrected chi connectivity index (χ2v) is 4.66. The van der Waals surface area contributed by atoms with E-state index < -0.39 is 11.8 Å². The van der Waals surface area contributed by atoms with Gasteiger partial charge in [-0.25, -0.2) is 0 Å². The third-order valence-corrected chi connectivity index (χ3v) is 3.36. The number of carbonyl (C=O) groups is 2. The number of hydrogen-bond acceptors (Lipinski definition) is 4. The molecule has 2 aromatic rings. The average Bonchev–Trinajstić information content (AvgIpc) is 2.45. The van der Waals surface area contributed by atoms with Gasteiger partial charge in [-0.3, -0.25) is 9.59 Å². The molecule has 0 heterocycles. The first-order valence-corrected chi connectivity index (χ1v) is 6.19. The number of carbonyl (C=O) groups excluding carboxylic acids is 2. The highest BCUT2D eigenvalue weighted by Crippen LogP contribution is 2.40. The lowest BCUT2D eigenvalue weighted by molar-refractivity contribution is -0.195. The van der Waals surface area contributed by atoms with Crippen LogP contribution >= 0.6 is 0 Å². The van der Waals surface area contributed by atoms with Crippen molar-refractivity contribution in [3.05, 3.63) is 70.8 Å². The van der Waals surface area contributed by atoms with Crippen LogP contribution in [0.5, 0.6) is 0 Å². The highest BCUT2D eigenvalue weighted by Gasteiger charge is 2.44. The summed E-state index contributed by atoms with van der Waals surface area (Å²) in [5, 5.41) is 10.9. The fourth-order valence-electron chi connectivity index (χ4n) is 2.56. The normalized spacial score (nSPS) is 15.2. The van der Waals surface area contributed by atoms with Gasteiger partial charge in [0.05, 0.1) is 0 Å². The van der Waals surface area contributed by atoms with Crippen LogP contribution in [0, 0.1) is 0 Å². The summed E-state index contributed by atoms with van der Waals surface area (Å²) >= 11 is 0. The number of ether oxygens (including phenoxy) is 1. The molecule has 0 atom stereocenters. The van der Waals surface area contributed by atoms with Crippen molar-refractivity contribution in [3.8, 4) is 0 Å². The molecule has 20 heavy (non-hydrogen) atoms. The molecule has 0 fully saturated rings. The van der Waals surface area contributed by atoms with Gasteiger partial charge in [-0.15, -0.1) is 0 Å². The lowest BCUT2D eigenvalue weighted by Gasteiger charge is -2.34. The SMILES string of the molecule is CC(=O)OC1(O)c2ccccc2C(=O)c2ccccc21. The standard InChI is InChI=1S/C16H12O4/c1-10(17)20-16(19)13-8-4-2-6-11(13)15(18)12-7-3-5-9-14(12)16/h2-9,19H,1H3. The van der Waals surface area contributed by atoms with Crippen LogP contribution < -0.4 is 0 Å². The van der Waals surface area contributed by atoms with Crippen LogP contribution in [0.1, 0.15) is 34.0 Å². The number of ketones is 1. The third-order valence-electron chi connectivity index (χ3n) is 3.36. The summed E-state index contributed by atoms with van der Waals surface area (Å²) < 4.78 is 5.14. The van der Waals surface area contributed by atoms with E-state index in [-0.39, 0.29) is 5.78 Å². The lowest BCUT2D eigenvalue weighted by atomic mass is 9.80. The zero-order valence-electron chi connectivity index (χ0n) is 10.8. The molecule has 0 saturated heterocycles. The molecular weight excluding hydrogens is 256 g/mol. The maximum atomic E-state index is 12.4. The van der Waals surface area contributed by atoms with Crippen LogP contribution in [0.15, 0.2) is 48.5 Å². The first-order valence-electron chi connectivity index (χ1n) is 6.19. The van der Waals surface area contributed by atoms with Crippen molar-refractivity contribution in [1.82, 2.24) is 0 Å². The quantitative estimate of drug-likeness (QED) is 0.634. The fourth-order valence-corrected chi connectivity index (χ4v) is 2.56. The van der Waals surface area contributed by atoms with Crippen LogP contribution in [0.3, 0.4) is 0 Å². The largest absolute Gasteiger partial charge is 0.424 e. The second kappa shape index (κ2) is 4.28. The van der Waals surface area contributed by atoms with E-state index in [2.05, 4.69) is 0 Å². The zero-order chi connectivity index (χ0) is 14.3. The molecule has 1 aliphatic rings. The molecule has 0 spiro atoms. The van der Waals surface area contributed by atoms with Gasteiger partial charge in [-0.05, 0) is 0 Å². The van der Waals surface area contributed by atoms with Gasteiger partial charge in [0.2, 0.25) is 0 Å². The first-order chi connectivity index (χ1) is 9.54. The van der Waals surface area contributed by atoms with E-state index in [1.165, 1.54) is 6.92 Å². The predicted molar refractivity (Wildman–Crippen MR) is 71.1 cm³/mol. The first kappa shape index (κ1) is 12.6. The molecule has 3 rings (SSSR count). The number of benzene rings is 2. The van der Waals surface area contributed by atoms with Gasteiger partial charge >= 0.3 is 5.97 Å². The van der Waals surface area contributed by atoms with Crippen LogP contribution in [0.4, 0.5) is 0 Å². The number of fused-ring (bicyclic) bond motifs is 2. The molecule has 1 aliphatic carbocycles. The zero-order valence-corrected chi connectivity index (χ0v) is 10.8. The Balaban J connectivity index is 2.33.